The lowest BCUT2D eigenvalue weighted by molar-refractivity contribution is -0.384. The van der Waals surface area contributed by atoms with Gasteiger partial charge < -0.3 is 10.6 Å². The molecule has 26 heavy (non-hydrogen) atoms. The second-order valence-electron chi connectivity index (χ2n) is 5.32. The molecule has 0 aliphatic heterocycles. The van der Waals surface area contributed by atoms with Gasteiger partial charge in [0, 0.05) is 43.5 Å². The molecule has 0 fully saturated rings. The maximum Gasteiger partial charge on any atom is 0.269 e. The van der Waals surface area contributed by atoms with E-state index >= 15 is 0 Å². The lowest BCUT2D eigenvalue weighted by Crippen LogP contribution is -2.29. The molecule has 1 aromatic heterocycles. The molecule has 140 valence electrons. The number of nitro groups is 1. The Kier molecular flexibility index (Phi) is 6.41. The SMILES string of the molecule is CCNc1cc(C)nc(NCCNS(=O)(=O)c2ccc([N+](=O)[O-])cc2)n1. The van der Waals surface area contributed by atoms with Crippen molar-refractivity contribution in [3.05, 3.63) is 46.1 Å². The van der Waals surface area contributed by atoms with Crippen molar-refractivity contribution >= 4 is 27.5 Å². The molecule has 0 aliphatic carbocycles. The van der Waals surface area contributed by atoms with Crippen LogP contribution >= 0.6 is 0 Å². The van der Waals surface area contributed by atoms with Gasteiger partial charge >= 0.3 is 0 Å². The largest absolute Gasteiger partial charge is 0.370 e. The number of benzene rings is 1. The number of nitro benzene ring substituents is 1. The van der Waals surface area contributed by atoms with Crippen LogP contribution in [-0.4, -0.2) is 42.9 Å². The van der Waals surface area contributed by atoms with Gasteiger partial charge in [0.1, 0.15) is 5.82 Å². The average Bonchev–Trinajstić information content (AvgIpc) is 2.59. The molecule has 0 radical (unpaired) electrons. The maximum atomic E-state index is 12.2. The van der Waals surface area contributed by atoms with Gasteiger partial charge in [0.15, 0.2) is 0 Å². The van der Waals surface area contributed by atoms with E-state index < -0.39 is 14.9 Å². The Hall–Kier alpha value is -2.79. The Labute approximate surface area is 151 Å². The van der Waals surface area contributed by atoms with Crippen molar-refractivity contribution in [3.8, 4) is 0 Å². The van der Waals surface area contributed by atoms with E-state index in [0.717, 1.165) is 24.4 Å². The zero-order chi connectivity index (χ0) is 19.2. The number of hydrogen-bond acceptors (Lipinski definition) is 8. The van der Waals surface area contributed by atoms with Crippen LogP contribution in [0.3, 0.4) is 0 Å². The zero-order valence-corrected chi connectivity index (χ0v) is 15.2. The fourth-order valence-corrected chi connectivity index (χ4v) is 3.14. The number of aryl methyl sites for hydroxylation is 1. The van der Waals surface area contributed by atoms with Crippen LogP contribution in [0.2, 0.25) is 0 Å². The Morgan fingerprint density at radius 1 is 1.12 bits per heavy atom. The number of hydrogen-bond donors (Lipinski definition) is 3. The summed E-state index contributed by atoms with van der Waals surface area (Å²) in [6, 6.07) is 6.50. The third-order valence-corrected chi connectivity index (χ3v) is 4.75. The molecule has 1 aromatic carbocycles. The van der Waals surface area contributed by atoms with Crippen LogP contribution in [0.25, 0.3) is 0 Å². The molecular formula is C15H20N6O4S. The normalized spacial score (nSPS) is 11.2. The number of aromatic nitrogens is 2. The molecule has 3 N–H and O–H groups in total. The minimum atomic E-state index is -3.75. The highest BCUT2D eigenvalue weighted by Crippen LogP contribution is 2.15. The molecule has 0 amide bonds. The predicted molar refractivity (Wildman–Crippen MR) is 97.7 cm³/mol. The summed E-state index contributed by atoms with van der Waals surface area (Å²) in [7, 11) is -3.75. The molecule has 10 nitrogen and oxygen atoms in total. The Balaban J connectivity index is 1.91. The first-order valence-electron chi connectivity index (χ1n) is 7.89. The summed E-state index contributed by atoms with van der Waals surface area (Å²) in [4.78, 5) is 18.5. The van der Waals surface area contributed by atoms with Gasteiger partial charge in [0.05, 0.1) is 9.82 Å². The van der Waals surface area contributed by atoms with E-state index in [-0.39, 0.29) is 23.7 Å². The Morgan fingerprint density at radius 3 is 2.42 bits per heavy atom. The molecule has 2 aromatic rings. The highest BCUT2D eigenvalue weighted by atomic mass is 32.2. The summed E-state index contributed by atoms with van der Waals surface area (Å²) in [5.74, 6) is 1.09. The Morgan fingerprint density at radius 2 is 1.81 bits per heavy atom. The summed E-state index contributed by atoms with van der Waals surface area (Å²) < 4.78 is 26.8. The van der Waals surface area contributed by atoms with Crippen LogP contribution in [0.5, 0.6) is 0 Å². The van der Waals surface area contributed by atoms with Crippen molar-refractivity contribution in [2.24, 2.45) is 0 Å². The first-order chi connectivity index (χ1) is 12.3. The fourth-order valence-electron chi connectivity index (χ4n) is 2.11. The number of rotatable bonds is 9. The standard InChI is InChI=1S/C15H20N6O4S/c1-3-16-14-10-11(2)19-15(20-14)17-8-9-18-26(24,25)13-6-4-12(5-7-13)21(22)23/h4-7,10,18H,3,8-9H2,1-2H3,(H2,16,17,19,20). The van der Waals surface area contributed by atoms with Crippen LogP contribution in [-0.2, 0) is 10.0 Å². The lowest BCUT2D eigenvalue weighted by atomic mass is 10.3. The predicted octanol–water partition coefficient (Wildman–Crippen LogP) is 1.52. The molecule has 1 heterocycles. The molecular weight excluding hydrogens is 360 g/mol. The molecule has 0 unspecified atom stereocenters. The van der Waals surface area contributed by atoms with Gasteiger partial charge in [-0.15, -0.1) is 0 Å². The summed E-state index contributed by atoms with van der Waals surface area (Å²) >= 11 is 0. The number of non-ortho nitro benzene ring substituents is 1. The van der Waals surface area contributed by atoms with Crippen LogP contribution < -0.4 is 15.4 Å². The smallest absolute Gasteiger partial charge is 0.269 e. The number of sulfonamides is 1. The topological polar surface area (TPSA) is 139 Å². The third kappa shape index (κ3) is 5.36. The van der Waals surface area contributed by atoms with Crippen LogP contribution in [0.15, 0.2) is 35.2 Å². The van der Waals surface area contributed by atoms with E-state index in [9.17, 15) is 18.5 Å². The van der Waals surface area contributed by atoms with Gasteiger partial charge in [-0.05, 0) is 26.0 Å². The van der Waals surface area contributed by atoms with E-state index in [1.807, 2.05) is 19.9 Å². The quantitative estimate of drug-likeness (QED) is 0.338. The molecule has 0 aliphatic rings. The summed E-state index contributed by atoms with van der Waals surface area (Å²) in [5.41, 5.74) is 0.614. The first-order valence-corrected chi connectivity index (χ1v) is 9.37. The molecule has 0 spiro atoms. The molecule has 11 heteroatoms. The molecule has 2 rings (SSSR count). The highest BCUT2D eigenvalue weighted by Gasteiger charge is 2.15. The monoisotopic (exact) mass is 380 g/mol. The molecule has 0 bridgehead atoms. The maximum absolute atomic E-state index is 12.2. The van der Waals surface area contributed by atoms with E-state index in [1.54, 1.807) is 0 Å². The summed E-state index contributed by atoms with van der Waals surface area (Å²) in [6.45, 7) is 4.90. The van der Waals surface area contributed by atoms with Gasteiger partial charge in [-0.1, -0.05) is 0 Å². The minimum Gasteiger partial charge on any atom is -0.370 e. The van der Waals surface area contributed by atoms with Crippen LogP contribution in [0.1, 0.15) is 12.6 Å². The molecule has 0 saturated heterocycles. The van der Waals surface area contributed by atoms with Crippen molar-refractivity contribution in [2.45, 2.75) is 18.7 Å². The van der Waals surface area contributed by atoms with E-state index in [0.29, 0.717) is 11.8 Å². The molecule has 0 atom stereocenters. The number of anilines is 2. The summed E-state index contributed by atoms with van der Waals surface area (Å²) in [6.07, 6.45) is 0. The van der Waals surface area contributed by atoms with E-state index in [4.69, 9.17) is 0 Å². The van der Waals surface area contributed by atoms with Crippen molar-refractivity contribution in [3.63, 3.8) is 0 Å². The van der Waals surface area contributed by atoms with Crippen molar-refractivity contribution in [2.75, 3.05) is 30.3 Å². The fraction of sp³-hybridized carbons (Fsp3) is 0.333. The Bertz CT molecular complexity index is 870. The average molecular weight is 380 g/mol. The zero-order valence-electron chi connectivity index (χ0n) is 14.4. The van der Waals surface area contributed by atoms with Gasteiger partial charge in [0.2, 0.25) is 16.0 Å². The van der Waals surface area contributed by atoms with Gasteiger partial charge in [-0.25, -0.2) is 18.1 Å². The van der Waals surface area contributed by atoms with Crippen LogP contribution in [0.4, 0.5) is 17.5 Å². The van der Waals surface area contributed by atoms with Gasteiger partial charge in [-0.3, -0.25) is 10.1 Å². The van der Waals surface area contributed by atoms with Gasteiger partial charge in [-0.2, -0.15) is 4.98 Å². The van der Waals surface area contributed by atoms with Crippen molar-refractivity contribution < 1.29 is 13.3 Å². The van der Waals surface area contributed by atoms with Crippen LogP contribution in [0, 0.1) is 17.0 Å². The number of nitrogens with zero attached hydrogens (tertiary/aromatic N) is 3. The van der Waals surface area contributed by atoms with E-state index in [2.05, 4.69) is 25.3 Å². The van der Waals surface area contributed by atoms with E-state index in [1.165, 1.54) is 12.1 Å². The third-order valence-electron chi connectivity index (χ3n) is 3.27. The highest BCUT2D eigenvalue weighted by molar-refractivity contribution is 7.89. The molecule has 0 saturated carbocycles. The van der Waals surface area contributed by atoms with Crippen molar-refractivity contribution in [1.82, 2.24) is 14.7 Å². The van der Waals surface area contributed by atoms with Crippen molar-refractivity contribution in [1.29, 1.82) is 0 Å². The summed E-state index contributed by atoms with van der Waals surface area (Å²) in [5, 5.41) is 16.7. The van der Waals surface area contributed by atoms with Gasteiger partial charge in [0.25, 0.3) is 5.69 Å². The second-order valence-corrected chi connectivity index (χ2v) is 7.09. The number of nitrogens with one attached hydrogen (secondary N) is 3. The lowest BCUT2D eigenvalue weighted by Gasteiger charge is -2.10. The first kappa shape index (κ1) is 19.5. The minimum absolute atomic E-state index is 0.0377. The second kappa shape index (κ2) is 8.54.